The molecule has 0 aliphatic heterocycles. The number of nitrogens with one attached hydrogen (secondary N) is 2. The molecule has 1 aliphatic rings. The number of nitrogens with zero attached hydrogens (tertiary/aromatic N) is 3. The number of urea groups is 1. The average molecular weight is 319 g/mol. The summed E-state index contributed by atoms with van der Waals surface area (Å²) in [5.41, 5.74) is 2.50. The van der Waals surface area contributed by atoms with Crippen LogP contribution in [0, 0.1) is 0 Å². The molecular formula is C14H17N5O2S. The van der Waals surface area contributed by atoms with Gasteiger partial charge in [0.2, 0.25) is 11.0 Å². The molecular weight excluding hydrogens is 302 g/mol. The summed E-state index contributed by atoms with van der Waals surface area (Å²) in [6, 6.07) is 3.41. The molecule has 116 valence electrons. The van der Waals surface area contributed by atoms with Crippen LogP contribution < -0.4 is 15.4 Å². The highest BCUT2D eigenvalue weighted by molar-refractivity contribution is 7.13. The van der Waals surface area contributed by atoms with Gasteiger partial charge in [0.25, 0.3) is 0 Å². The molecule has 2 aromatic heterocycles. The van der Waals surface area contributed by atoms with E-state index in [0.717, 1.165) is 18.4 Å². The SMILES string of the molecule is O=C(NCc1ccnc(OC2CCCC2)c1)Nc1nncs1. The van der Waals surface area contributed by atoms with Gasteiger partial charge in [-0.05, 0) is 37.3 Å². The van der Waals surface area contributed by atoms with Crippen molar-refractivity contribution >= 4 is 22.5 Å². The van der Waals surface area contributed by atoms with E-state index in [1.54, 1.807) is 11.7 Å². The second-order valence-corrected chi connectivity index (χ2v) is 5.91. The summed E-state index contributed by atoms with van der Waals surface area (Å²) in [5, 5.41) is 13.3. The van der Waals surface area contributed by atoms with E-state index in [0.29, 0.717) is 17.6 Å². The molecule has 0 spiro atoms. The largest absolute Gasteiger partial charge is 0.474 e. The molecule has 0 bridgehead atoms. The summed E-state index contributed by atoms with van der Waals surface area (Å²) in [6.07, 6.45) is 6.60. The summed E-state index contributed by atoms with van der Waals surface area (Å²) in [7, 11) is 0. The predicted octanol–water partition coefficient (Wildman–Crippen LogP) is 2.58. The van der Waals surface area contributed by atoms with Crippen LogP contribution in [0.5, 0.6) is 5.88 Å². The molecule has 7 nitrogen and oxygen atoms in total. The molecule has 2 aromatic rings. The third kappa shape index (κ3) is 4.14. The Morgan fingerprint density at radius 1 is 1.41 bits per heavy atom. The van der Waals surface area contributed by atoms with Gasteiger partial charge in [0.1, 0.15) is 11.6 Å². The van der Waals surface area contributed by atoms with E-state index in [1.807, 2.05) is 12.1 Å². The van der Waals surface area contributed by atoms with Crippen LogP contribution in [0.1, 0.15) is 31.2 Å². The Morgan fingerprint density at radius 2 is 2.27 bits per heavy atom. The third-order valence-electron chi connectivity index (χ3n) is 3.42. The van der Waals surface area contributed by atoms with E-state index in [2.05, 4.69) is 25.8 Å². The Morgan fingerprint density at radius 3 is 3.05 bits per heavy atom. The highest BCUT2D eigenvalue weighted by Crippen LogP contribution is 2.23. The minimum atomic E-state index is -0.313. The normalized spacial score (nSPS) is 14.7. The number of hydrogen-bond donors (Lipinski definition) is 2. The number of carbonyl (C=O) groups is 1. The van der Waals surface area contributed by atoms with E-state index >= 15 is 0 Å². The average Bonchev–Trinajstić information content (AvgIpc) is 3.19. The second-order valence-electron chi connectivity index (χ2n) is 5.08. The fourth-order valence-electron chi connectivity index (χ4n) is 2.35. The van der Waals surface area contributed by atoms with Gasteiger partial charge in [0, 0.05) is 18.8 Å². The molecule has 0 atom stereocenters. The zero-order chi connectivity index (χ0) is 15.2. The minimum absolute atomic E-state index is 0.274. The van der Waals surface area contributed by atoms with Gasteiger partial charge in [0.05, 0.1) is 0 Å². The van der Waals surface area contributed by atoms with E-state index in [4.69, 9.17) is 4.74 Å². The molecule has 1 aliphatic carbocycles. The summed E-state index contributed by atoms with van der Waals surface area (Å²) in [5.74, 6) is 0.621. The lowest BCUT2D eigenvalue weighted by atomic mass is 10.2. The van der Waals surface area contributed by atoms with E-state index in [9.17, 15) is 4.79 Å². The fourth-order valence-corrected chi connectivity index (χ4v) is 2.79. The number of pyridine rings is 1. The molecule has 8 heteroatoms. The highest BCUT2D eigenvalue weighted by Gasteiger charge is 2.17. The molecule has 1 fully saturated rings. The second kappa shape index (κ2) is 7.17. The van der Waals surface area contributed by atoms with Crippen LogP contribution in [0.3, 0.4) is 0 Å². The maximum Gasteiger partial charge on any atom is 0.321 e. The number of rotatable bonds is 5. The van der Waals surface area contributed by atoms with Crippen molar-refractivity contribution in [3.63, 3.8) is 0 Å². The van der Waals surface area contributed by atoms with Crippen molar-refractivity contribution in [2.24, 2.45) is 0 Å². The molecule has 22 heavy (non-hydrogen) atoms. The lowest BCUT2D eigenvalue weighted by Crippen LogP contribution is -2.28. The van der Waals surface area contributed by atoms with Crippen molar-refractivity contribution in [3.05, 3.63) is 29.4 Å². The molecule has 0 aromatic carbocycles. The Bertz CT molecular complexity index is 613. The molecule has 2 heterocycles. The van der Waals surface area contributed by atoms with Crippen LogP contribution in [0.15, 0.2) is 23.8 Å². The monoisotopic (exact) mass is 319 g/mol. The van der Waals surface area contributed by atoms with Crippen LogP contribution in [-0.2, 0) is 6.54 Å². The Kier molecular flexibility index (Phi) is 4.79. The summed E-state index contributed by atoms with van der Waals surface area (Å²) in [4.78, 5) is 15.9. The van der Waals surface area contributed by atoms with Gasteiger partial charge >= 0.3 is 6.03 Å². The van der Waals surface area contributed by atoms with Gasteiger partial charge in [-0.3, -0.25) is 5.32 Å². The lowest BCUT2D eigenvalue weighted by Gasteiger charge is -2.12. The Balaban J connectivity index is 1.50. The van der Waals surface area contributed by atoms with Crippen molar-refractivity contribution in [3.8, 4) is 5.88 Å². The number of ether oxygens (including phenoxy) is 1. The van der Waals surface area contributed by atoms with Gasteiger partial charge < -0.3 is 10.1 Å². The first-order valence-electron chi connectivity index (χ1n) is 7.22. The van der Waals surface area contributed by atoms with Crippen LogP contribution in [0.4, 0.5) is 9.93 Å². The molecule has 0 unspecified atom stereocenters. The van der Waals surface area contributed by atoms with Crippen LogP contribution in [-0.4, -0.2) is 27.3 Å². The third-order valence-corrected chi connectivity index (χ3v) is 4.03. The zero-order valence-corrected chi connectivity index (χ0v) is 12.8. The maximum absolute atomic E-state index is 11.7. The first-order chi connectivity index (χ1) is 10.8. The molecule has 2 amide bonds. The van der Waals surface area contributed by atoms with Crippen LogP contribution in [0.25, 0.3) is 0 Å². The highest BCUT2D eigenvalue weighted by atomic mass is 32.1. The number of anilines is 1. The van der Waals surface area contributed by atoms with Crippen molar-refractivity contribution in [2.45, 2.75) is 38.3 Å². The molecule has 1 saturated carbocycles. The smallest absolute Gasteiger partial charge is 0.321 e. The zero-order valence-electron chi connectivity index (χ0n) is 12.0. The van der Waals surface area contributed by atoms with Gasteiger partial charge in [-0.1, -0.05) is 11.3 Å². The number of aromatic nitrogens is 3. The molecule has 0 saturated heterocycles. The van der Waals surface area contributed by atoms with Crippen molar-refractivity contribution in [2.75, 3.05) is 5.32 Å². The quantitative estimate of drug-likeness (QED) is 0.884. The van der Waals surface area contributed by atoms with Gasteiger partial charge in [0.15, 0.2) is 0 Å². The first kappa shape index (κ1) is 14.7. The van der Waals surface area contributed by atoms with E-state index < -0.39 is 0 Å². The Labute approximate surface area is 132 Å². The van der Waals surface area contributed by atoms with Crippen molar-refractivity contribution in [1.29, 1.82) is 0 Å². The first-order valence-corrected chi connectivity index (χ1v) is 8.10. The molecule has 3 rings (SSSR count). The van der Waals surface area contributed by atoms with Crippen molar-refractivity contribution < 1.29 is 9.53 Å². The number of hydrogen-bond acceptors (Lipinski definition) is 6. The fraction of sp³-hybridized carbons (Fsp3) is 0.429. The summed E-state index contributed by atoms with van der Waals surface area (Å²) >= 11 is 1.27. The molecule has 2 N–H and O–H groups in total. The Hall–Kier alpha value is -2.22. The van der Waals surface area contributed by atoms with Crippen LogP contribution >= 0.6 is 11.3 Å². The standard InChI is InChI=1S/C14H17N5O2S/c20-13(18-14-19-17-9-22-14)16-8-10-5-6-15-12(7-10)21-11-3-1-2-4-11/h5-7,9,11H,1-4,8H2,(H2,16,18,19,20). The minimum Gasteiger partial charge on any atom is -0.474 e. The summed E-state index contributed by atoms with van der Waals surface area (Å²) < 4.78 is 5.85. The number of amides is 2. The van der Waals surface area contributed by atoms with E-state index in [-0.39, 0.29) is 12.1 Å². The van der Waals surface area contributed by atoms with Crippen LogP contribution in [0.2, 0.25) is 0 Å². The lowest BCUT2D eigenvalue weighted by molar-refractivity contribution is 0.201. The summed E-state index contributed by atoms with van der Waals surface area (Å²) in [6.45, 7) is 0.397. The predicted molar refractivity (Wildman–Crippen MR) is 82.9 cm³/mol. The maximum atomic E-state index is 11.7. The van der Waals surface area contributed by atoms with Crippen molar-refractivity contribution in [1.82, 2.24) is 20.5 Å². The van der Waals surface area contributed by atoms with Gasteiger partial charge in [-0.2, -0.15) is 0 Å². The number of carbonyl (C=O) groups excluding carboxylic acids is 1. The van der Waals surface area contributed by atoms with Gasteiger partial charge in [-0.25, -0.2) is 9.78 Å². The van der Waals surface area contributed by atoms with Gasteiger partial charge in [-0.15, -0.1) is 10.2 Å². The van der Waals surface area contributed by atoms with E-state index in [1.165, 1.54) is 24.2 Å². The molecule has 0 radical (unpaired) electrons. The topological polar surface area (TPSA) is 89.0 Å².